The maximum Gasteiger partial charge on any atom is 0.262 e. The average molecular weight is 388 g/mol. The molecule has 3 aromatic carbocycles. The molecule has 29 heavy (non-hydrogen) atoms. The number of amides is 2. The summed E-state index contributed by atoms with van der Waals surface area (Å²) >= 11 is 0. The Kier molecular flexibility index (Phi) is 6.29. The first-order valence-corrected chi connectivity index (χ1v) is 9.37. The fourth-order valence-corrected chi connectivity index (χ4v) is 2.90. The Morgan fingerprint density at radius 3 is 2.45 bits per heavy atom. The number of rotatable bonds is 6. The Morgan fingerprint density at radius 2 is 1.69 bits per heavy atom. The molecule has 0 unspecified atom stereocenters. The second-order valence-corrected chi connectivity index (χ2v) is 6.89. The highest BCUT2D eigenvalue weighted by atomic mass is 16.5. The Hall–Kier alpha value is -3.60. The molecule has 3 rings (SSSR count). The molecule has 5 nitrogen and oxygen atoms in total. The molecular formula is C24H24N2O3. The maximum absolute atomic E-state index is 12.8. The zero-order valence-electron chi connectivity index (χ0n) is 16.8. The molecule has 5 heteroatoms. The summed E-state index contributed by atoms with van der Waals surface area (Å²) in [5.74, 6) is 0.249. The lowest BCUT2D eigenvalue weighted by Gasteiger charge is -2.17. The number of hydrogen-bond donors (Lipinski definition) is 1. The lowest BCUT2D eigenvalue weighted by Crippen LogP contribution is -2.26. The smallest absolute Gasteiger partial charge is 0.262 e. The molecule has 2 amide bonds. The number of benzene rings is 3. The van der Waals surface area contributed by atoms with Gasteiger partial charge in [-0.15, -0.1) is 0 Å². The quantitative estimate of drug-likeness (QED) is 0.671. The van der Waals surface area contributed by atoms with Crippen LogP contribution in [0.15, 0.2) is 72.8 Å². The number of ether oxygens (including phenoxy) is 1. The summed E-state index contributed by atoms with van der Waals surface area (Å²) in [6, 6.07) is 22.1. The van der Waals surface area contributed by atoms with Gasteiger partial charge in [0.1, 0.15) is 5.75 Å². The SMILES string of the molecule is Cc1ccc(C)c(OCC(=O)Nc2cccc(C(=O)N(C)c3ccccc3)c2)c1. The van der Waals surface area contributed by atoms with Gasteiger partial charge in [0.15, 0.2) is 6.61 Å². The molecular weight excluding hydrogens is 364 g/mol. The molecule has 148 valence electrons. The van der Waals surface area contributed by atoms with E-state index in [0.29, 0.717) is 17.0 Å². The number of carbonyl (C=O) groups excluding carboxylic acids is 2. The number of aryl methyl sites for hydroxylation is 2. The van der Waals surface area contributed by atoms with Crippen molar-refractivity contribution in [3.05, 3.63) is 89.5 Å². The average Bonchev–Trinajstić information content (AvgIpc) is 2.74. The van der Waals surface area contributed by atoms with E-state index in [4.69, 9.17) is 4.74 Å². The zero-order chi connectivity index (χ0) is 20.8. The number of anilines is 2. The molecule has 0 saturated carbocycles. The first-order valence-electron chi connectivity index (χ1n) is 9.37. The van der Waals surface area contributed by atoms with Gasteiger partial charge in [0.25, 0.3) is 11.8 Å². The van der Waals surface area contributed by atoms with Gasteiger partial charge in [-0.2, -0.15) is 0 Å². The van der Waals surface area contributed by atoms with E-state index in [0.717, 1.165) is 16.8 Å². The van der Waals surface area contributed by atoms with Crippen LogP contribution in [0.2, 0.25) is 0 Å². The van der Waals surface area contributed by atoms with Crippen LogP contribution < -0.4 is 15.0 Å². The predicted molar refractivity (Wildman–Crippen MR) is 116 cm³/mol. The predicted octanol–water partition coefficient (Wildman–Crippen LogP) is 4.60. The molecule has 0 heterocycles. The molecule has 0 saturated heterocycles. The van der Waals surface area contributed by atoms with Crippen molar-refractivity contribution in [3.63, 3.8) is 0 Å². The topological polar surface area (TPSA) is 58.6 Å². The van der Waals surface area contributed by atoms with E-state index in [1.165, 1.54) is 0 Å². The fourth-order valence-electron chi connectivity index (χ4n) is 2.90. The monoisotopic (exact) mass is 388 g/mol. The lowest BCUT2D eigenvalue weighted by atomic mass is 10.1. The molecule has 1 N–H and O–H groups in total. The second kappa shape index (κ2) is 9.06. The van der Waals surface area contributed by atoms with Gasteiger partial charge < -0.3 is 15.0 Å². The van der Waals surface area contributed by atoms with Crippen molar-refractivity contribution in [1.29, 1.82) is 0 Å². The molecule has 0 aliphatic heterocycles. The van der Waals surface area contributed by atoms with Crippen molar-refractivity contribution in [2.24, 2.45) is 0 Å². The van der Waals surface area contributed by atoms with Crippen LogP contribution in [-0.2, 0) is 4.79 Å². The van der Waals surface area contributed by atoms with E-state index in [2.05, 4.69) is 5.32 Å². The van der Waals surface area contributed by atoms with Crippen molar-refractivity contribution in [2.75, 3.05) is 23.9 Å². The van der Waals surface area contributed by atoms with Crippen LogP contribution in [0.5, 0.6) is 5.75 Å². The third-order valence-electron chi connectivity index (χ3n) is 4.54. The Bertz CT molecular complexity index is 1020. The summed E-state index contributed by atoms with van der Waals surface area (Å²) in [4.78, 5) is 26.6. The third-order valence-corrected chi connectivity index (χ3v) is 4.54. The summed E-state index contributed by atoms with van der Waals surface area (Å²) < 4.78 is 5.64. The van der Waals surface area contributed by atoms with Crippen LogP contribution >= 0.6 is 0 Å². The number of carbonyl (C=O) groups is 2. The number of para-hydroxylation sites is 1. The molecule has 0 fully saturated rings. The van der Waals surface area contributed by atoms with Gasteiger partial charge >= 0.3 is 0 Å². The summed E-state index contributed by atoms with van der Waals surface area (Å²) in [7, 11) is 1.72. The summed E-state index contributed by atoms with van der Waals surface area (Å²) in [5, 5.41) is 2.79. The summed E-state index contributed by atoms with van der Waals surface area (Å²) in [5.41, 5.74) is 3.88. The van der Waals surface area contributed by atoms with Gasteiger partial charge in [0.2, 0.25) is 0 Å². The van der Waals surface area contributed by atoms with Gasteiger partial charge in [0, 0.05) is 24.0 Å². The molecule has 0 aliphatic carbocycles. The van der Waals surface area contributed by atoms with E-state index in [1.807, 2.05) is 62.4 Å². The van der Waals surface area contributed by atoms with E-state index in [9.17, 15) is 9.59 Å². The minimum atomic E-state index is -0.285. The van der Waals surface area contributed by atoms with Crippen LogP contribution in [-0.4, -0.2) is 25.5 Å². The Balaban J connectivity index is 1.64. The number of hydrogen-bond acceptors (Lipinski definition) is 3. The van der Waals surface area contributed by atoms with Crippen molar-refractivity contribution >= 4 is 23.2 Å². The zero-order valence-corrected chi connectivity index (χ0v) is 16.8. The van der Waals surface area contributed by atoms with E-state index < -0.39 is 0 Å². The highest BCUT2D eigenvalue weighted by Crippen LogP contribution is 2.20. The first kappa shape index (κ1) is 20.1. The van der Waals surface area contributed by atoms with Gasteiger partial charge in [-0.05, 0) is 61.4 Å². The molecule has 0 aliphatic rings. The first-order chi connectivity index (χ1) is 13.9. The lowest BCUT2D eigenvalue weighted by molar-refractivity contribution is -0.118. The highest BCUT2D eigenvalue weighted by molar-refractivity contribution is 6.06. The van der Waals surface area contributed by atoms with E-state index >= 15 is 0 Å². The van der Waals surface area contributed by atoms with Crippen LogP contribution in [0, 0.1) is 13.8 Å². The molecule has 0 radical (unpaired) electrons. The summed E-state index contributed by atoms with van der Waals surface area (Å²) in [6.45, 7) is 3.80. The van der Waals surface area contributed by atoms with Crippen molar-refractivity contribution in [2.45, 2.75) is 13.8 Å². The minimum Gasteiger partial charge on any atom is -0.483 e. The maximum atomic E-state index is 12.8. The Labute approximate surface area is 170 Å². The molecule has 0 atom stereocenters. The van der Waals surface area contributed by atoms with Crippen LogP contribution in [0.3, 0.4) is 0 Å². The molecule has 0 bridgehead atoms. The second-order valence-electron chi connectivity index (χ2n) is 6.89. The largest absolute Gasteiger partial charge is 0.483 e. The number of nitrogens with zero attached hydrogens (tertiary/aromatic N) is 1. The van der Waals surface area contributed by atoms with Gasteiger partial charge in [-0.1, -0.05) is 36.4 Å². The van der Waals surface area contributed by atoms with Gasteiger partial charge in [-0.25, -0.2) is 0 Å². The normalized spacial score (nSPS) is 10.3. The van der Waals surface area contributed by atoms with Crippen molar-refractivity contribution in [3.8, 4) is 5.75 Å². The highest BCUT2D eigenvalue weighted by Gasteiger charge is 2.14. The molecule has 3 aromatic rings. The van der Waals surface area contributed by atoms with Gasteiger partial charge in [-0.3, -0.25) is 9.59 Å². The van der Waals surface area contributed by atoms with E-state index in [-0.39, 0.29) is 18.4 Å². The third kappa shape index (κ3) is 5.23. The Morgan fingerprint density at radius 1 is 0.931 bits per heavy atom. The minimum absolute atomic E-state index is 0.105. The standard InChI is InChI=1S/C24H24N2O3/c1-17-12-13-18(2)22(14-17)29-16-23(27)25-20-9-7-8-19(15-20)24(28)26(3)21-10-5-4-6-11-21/h4-15H,16H2,1-3H3,(H,25,27). The van der Waals surface area contributed by atoms with Crippen LogP contribution in [0.25, 0.3) is 0 Å². The van der Waals surface area contributed by atoms with Crippen molar-refractivity contribution < 1.29 is 14.3 Å². The molecule has 0 aromatic heterocycles. The summed E-state index contributed by atoms with van der Waals surface area (Å²) in [6.07, 6.45) is 0. The van der Waals surface area contributed by atoms with Crippen molar-refractivity contribution in [1.82, 2.24) is 0 Å². The molecule has 0 spiro atoms. The van der Waals surface area contributed by atoms with Crippen LogP contribution in [0.1, 0.15) is 21.5 Å². The van der Waals surface area contributed by atoms with E-state index in [1.54, 1.807) is 36.2 Å². The van der Waals surface area contributed by atoms with Gasteiger partial charge in [0.05, 0.1) is 0 Å². The number of nitrogens with one attached hydrogen (secondary N) is 1. The van der Waals surface area contributed by atoms with Crippen LogP contribution in [0.4, 0.5) is 11.4 Å². The fraction of sp³-hybridized carbons (Fsp3) is 0.167.